The molecule has 0 saturated heterocycles. The number of esters is 1. The number of pyridine rings is 1. The quantitative estimate of drug-likeness (QED) is 0.303. The number of aliphatic hydroxyl groups is 1. The number of aliphatic hydroxyl groups excluding tert-OH is 1. The van der Waals surface area contributed by atoms with Crippen LogP contribution in [-0.2, 0) is 16.1 Å². The summed E-state index contributed by atoms with van der Waals surface area (Å²) in [5.41, 5.74) is 1.51. The lowest BCUT2D eigenvalue weighted by Gasteiger charge is -2.52. The third-order valence-corrected chi connectivity index (χ3v) is 8.38. The van der Waals surface area contributed by atoms with Gasteiger partial charge in [0.25, 0.3) is 0 Å². The van der Waals surface area contributed by atoms with Gasteiger partial charge in [-0.1, -0.05) is 29.8 Å². The first kappa shape index (κ1) is 28.3. The lowest BCUT2D eigenvalue weighted by atomic mass is 9.67. The Morgan fingerprint density at radius 3 is 2.60 bits per heavy atom. The van der Waals surface area contributed by atoms with Crippen molar-refractivity contribution in [3.05, 3.63) is 117 Å². The van der Waals surface area contributed by atoms with E-state index in [1.165, 1.54) is 12.1 Å². The van der Waals surface area contributed by atoms with E-state index in [1.54, 1.807) is 49.6 Å². The number of nitriles is 1. The van der Waals surface area contributed by atoms with Crippen molar-refractivity contribution in [2.24, 2.45) is 5.92 Å². The third-order valence-electron chi connectivity index (χ3n) is 8.38. The second-order valence-electron chi connectivity index (χ2n) is 11.2. The number of ether oxygens (including phenoxy) is 3. The maximum Gasteiger partial charge on any atom is 0.345 e. The van der Waals surface area contributed by atoms with Crippen molar-refractivity contribution < 1.29 is 28.5 Å². The average molecular weight is 579 g/mol. The SMILES string of the molecule is Cc1ccc(CO[C@H]2CC3C(O)c4c(cc(-c5cccnc5)oc4=O)O[C@]3(C)[C@@H](OC(=O)c3ccc(C#N)cc3)C2)cc1. The third kappa shape index (κ3) is 5.55. The van der Waals surface area contributed by atoms with Crippen molar-refractivity contribution in [1.29, 1.82) is 5.26 Å². The molecule has 0 bridgehead atoms. The fourth-order valence-electron chi connectivity index (χ4n) is 5.91. The summed E-state index contributed by atoms with van der Waals surface area (Å²) in [4.78, 5) is 30.6. The molecular formula is C34H30N2O7. The zero-order valence-electron chi connectivity index (χ0n) is 23.7. The van der Waals surface area contributed by atoms with Crippen LogP contribution in [0.3, 0.4) is 0 Å². The van der Waals surface area contributed by atoms with Gasteiger partial charge >= 0.3 is 11.6 Å². The highest BCUT2D eigenvalue weighted by Gasteiger charge is 2.58. The first-order valence-corrected chi connectivity index (χ1v) is 14.1. The predicted octanol–water partition coefficient (Wildman–Crippen LogP) is 5.29. The number of hydrogen-bond donors (Lipinski definition) is 1. The molecule has 2 unspecified atom stereocenters. The van der Waals surface area contributed by atoms with Gasteiger partial charge in [0.2, 0.25) is 0 Å². The molecule has 9 heteroatoms. The van der Waals surface area contributed by atoms with E-state index in [-0.39, 0.29) is 22.6 Å². The van der Waals surface area contributed by atoms with E-state index in [0.717, 1.165) is 11.1 Å². The number of aryl methyl sites for hydroxylation is 1. The molecule has 218 valence electrons. The fourth-order valence-corrected chi connectivity index (χ4v) is 5.91. The number of hydrogen-bond acceptors (Lipinski definition) is 9. The summed E-state index contributed by atoms with van der Waals surface area (Å²) in [6.45, 7) is 4.13. The summed E-state index contributed by atoms with van der Waals surface area (Å²) in [5.74, 6) is -0.837. The summed E-state index contributed by atoms with van der Waals surface area (Å²) >= 11 is 0. The number of fused-ring (bicyclic) bond motifs is 2. The van der Waals surface area contributed by atoms with Gasteiger partial charge in [0.15, 0.2) is 0 Å². The van der Waals surface area contributed by atoms with Crippen LogP contribution in [0.25, 0.3) is 11.3 Å². The Hall–Kier alpha value is -4.78. The Bertz CT molecular complexity index is 1730. The molecule has 1 N–H and O–H groups in total. The van der Waals surface area contributed by atoms with Crippen LogP contribution in [0.1, 0.15) is 58.5 Å². The van der Waals surface area contributed by atoms with E-state index in [4.69, 9.17) is 23.9 Å². The first-order chi connectivity index (χ1) is 20.7. The molecule has 0 spiro atoms. The van der Waals surface area contributed by atoms with Crippen molar-refractivity contribution in [2.75, 3.05) is 0 Å². The van der Waals surface area contributed by atoms with Crippen LogP contribution in [0, 0.1) is 24.2 Å². The Balaban J connectivity index is 1.34. The number of nitrogens with zero attached hydrogens (tertiary/aromatic N) is 2. The highest BCUT2D eigenvalue weighted by molar-refractivity contribution is 5.89. The largest absolute Gasteiger partial charge is 0.482 e. The van der Waals surface area contributed by atoms with Gasteiger partial charge in [-0.2, -0.15) is 5.26 Å². The highest BCUT2D eigenvalue weighted by Crippen LogP contribution is 2.51. The van der Waals surface area contributed by atoms with Gasteiger partial charge in [0.1, 0.15) is 28.8 Å². The number of benzene rings is 2. The molecule has 2 aromatic heterocycles. The van der Waals surface area contributed by atoms with Crippen LogP contribution in [-0.4, -0.2) is 33.9 Å². The molecule has 1 fully saturated rings. The average Bonchev–Trinajstić information content (AvgIpc) is 3.01. The Labute approximate surface area is 248 Å². The van der Waals surface area contributed by atoms with E-state index in [2.05, 4.69) is 4.98 Å². The van der Waals surface area contributed by atoms with Crippen LogP contribution in [0.15, 0.2) is 88.3 Å². The van der Waals surface area contributed by atoms with Crippen LogP contribution in [0.2, 0.25) is 0 Å². The highest BCUT2D eigenvalue weighted by atomic mass is 16.6. The van der Waals surface area contributed by atoms with Crippen molar-refractivity contribution in [3.8, 4) is 23.1 Å². The molecule has 43 heavy (non-hydrogen) atoms. The lowest BCUT2D eigenvalue weighted by molar-refractivity contribution is -0.185. The maximum atomic E-state index is 13.3. The molecule has 9 nitrogen and oxygen atoms in total. The summed E-state index contributed by atoms with van der Waals surface area (Å²) in [6.07, 6.45) is 1.34. The van der Waals surface area contributed by atoms with E-state index in [0.29, 0.717) is 30.6 Å². The normalized spacial score (nSPS) is 24.1. The van der Waals surface area contributed by atoms with E-state index in [1.807, 2.05) is 37.3 Å². The first-order valence-electron chi connectivity index (χ1n) is 14.1. The summed E-state index contributed by atoms with van der Waals surface area (Å²) in [5, 5.41) is 20.8. The predicted molar refractivity (Wildman–Crippen MR) is 155 cm³/mol. The summed E-state index contributed by atoms with van der Waals surface area (Å²) < 4.78 is 24.5. The molecule has 1 aliphatic heterocycles. The van der Waals surface area contributed by atoms with Crippen LogP contribution >= 0.6 is 0 Å². The molecule has 1 aliphatic carbocycles. The Morgan fingerprint density at radius 2 is 1.91 bits per heavy atom. The van der Waals surface area contributed by atoms with Crippen LogP contribution in [0.4, 0.5) is 0 Å². The molecule has 5 atom stereocenters. The molecule has 2 aromatic carbocycles. The zero-order chi connectivity index (χ0) is 30.1. The molecule has 4 aromatic rings. The molecule has 2 aliphatic rings. The number of rotatable bonds is 6. The van der Waals surface area contributed by atoms with Gasteiger partial charge in [-0.15, -0.1) is 0 Å². The van der Waals surface area contributed by atoms with Crippen molar-refractivity contribution in [1.82, 2.24) is 4.98 Å². The fraction of sp³-hybridized carbons (Fsp3) is 0.294. The van der Waals surface area contributed by atoms with E-state index >= 15 is 0 Å². The minimum absolute atomic E-state index is 0.0199. The minimum Gasteiger partial charge on any atom is -0.482 e. The van der Waals surface area contributed by atoms with Gasteiger partial charge in [-0.25, -0.2) is 9.59 Å². The molecular weight excluding hydrogens is 548 g/mol. The second kappa shape index (κ2) is 11.5. The van der Waals surface area contributed by atoms with Gasteiger partial charge in [-0.3, -0.25) is 4.98 Å². The van der Waals surface area contributed by atoms with Crippen LogP contribution in [0.5, 0.6) is 5.75 Å². The maximum absolute atomic E-state index is 13.3. The van der Waals surface area contributed by atoms with E-state index in [9.17, 15) is 14.7 Å². The molecule has 3 heterocycles. The van der Waals surface area contributed by atoms with Gasteiger partial charge in [-0.05, 0) is 62.2 Å². The summed E-state index contributed by atoms with van der Waals surface area (Å²) in [6, 6.07) is 21.2. The number of aromatic nitrogens is 1. The topological polar surface area (TPSA) is 132 Å². The van der Waals surface area contributed by atoms with Crippen molar-refractivity contribution >= 4 is 5.97 Å². The standard InChI is InChI=1S/C34H30N2O7/c1-20-5-7-22(8-6-20)19-40-25-14-26-31(37)30-28(16-27(41-33(30)39)24-4-3-13-36-18-24)43-34(26,2)29(15-25)42-32(38)23-11-9-21(17-35)10-12-23/h3-13,16,18,25-26,29,31,37H,14-15,19H2,1-2H3/t25-,26?,29-,31?,34-/m0/s1. The monoisotopic (exact) mass is 578 g/mol. The molecule has 0 amide bonds. The minimum atomic E-state index is -1.25. The second-order valence-corrected chi connectivity index (χ2v) is 11.2. The number of carbonyl (C=O) groups is 1. The van der Waals surface area contributed by atoms with E-state index < -0.39 is 41.4 Å². The van der Waals surface area contributed by atoms with Gasteiger partial charge in [0, 0.05) is 36.4 Å². The van der Waals surface area contributed by atoms with Crippen molar-refractivity contribution in [3.63, 3.8) is 0 Å². The smallest absolute Gasteiger partial charge is 0.345 e. The summed E-state index contributed by atoms with van der Waals surface area (Å²) in [7, 11) is 0. The molecule has 6 rings (SSSR count). The van der Waals surface area contributed by atoms with Crippen LogP contribution < -0.4 is 10.4 Å². The van der Waals surface area contributed by atoms with Gasteiger partial charge in [0.05, 0.1) is 36.0 Å². The molecule has 1 saturated carbocycles. The lowest BCUT2D eigenvalue weighted by Crippen LogP contribution is -2.61. The van der Waals surface area contributed by atoms with Gasteiger partial charge < -0.3 is 23.7 Å². The number of carbonyl (C=O) groups excluding carboxylic acids is 1. The van der Waals surface area contributed by atoms with Crippen molar-refractivity contribution in [2.45, 2.75) is 57.2 Å². The zero-order valence-corrected chi connectivity index (χ0v) is 23.7. The Morgan fingerprint density at radius 1 is 1.14 bits per heavy atom. The molecule has 0 radical (unpaired) electrons. The Kier molecular flexibility index (Phi) is 7.57.